The van der Waals surface area contributed by atoms with E-state index >= 15 is 0 Å². The zero-order chi connectivity index (χ0) is 18.2. The van der Waals surface area contributed by atoms with Crippen LogP contribution in [0.2, 0.25) is 0 Å². The molecule has 1 heterocycles. The maximum atomic E-state index is 12.6. The molecule has 26 heavy (non-hydrogen) atoms. The Kier molecular flexibility index (Phi) is 6.17. The monoisotopic (exact) mass is 350 g/mol. The lowest BCUT2D eigenvalue weighted by Gasteiger charge is -2.14. The molecule has 0 aliphatic carbocycles. The van der Waals surface area contributed by atoms with E-state index in [2.05, 4.69) is 10.6 Å². The van der Waals surface area contributed by atoms with Gasteiger partial charge in [-0.25, -0.2) is 0 Å². The Morgan fingerprint density at radius 1 is 1.04 bits per heavy atom. The molecule has 1 aliphatic heterocycles. The summed E-state index contributed by atoms with van der Waals surface area (Å²) in [5.41, 5.74) is 1.55. The van der Waals surface area contributed by atoms with Crippen molar-refractivity contribution in [3.05, 3.63) is 77.5 Å². The molecule has 0 unspecified atom stereocenters. The third kappa shape index (κ3) is 5.04. The SMILES string of the molecule is O=C(NC[C@H]1CCCO1)/C(=C\c1ccccc1)NC(=O)c1ccccc1. The number of benzene rings is 2. The van der Waals surface area contributed by atoms with E-state index in [-0.39, 0.29) is 23.6 Å². The number of nitrogens with one attached hydrogen (secondary N) is 2. The number of carbonyl (C=O) groups is 2. The molecule has 0 saturated carbocycles. The summed E-state index contributed by atoms with van der Waals surface area (Å²) in [5.74, 6) is -0.645. The summed E-state index contributed by atoms with van der Waals surface area (Å²) in [6, 6.07) is 18.2. The fourth-order valence-corrected chi connectivity index (χ4v) is 2.77. The average molecular weight is 350 g/mol. The van der Waals surface area contributed by atoms with Gasteiger partial charge in [0.2, 0.25) is 0 Å². The van der Waals surface area contributed by atoms with Gasteiger partial charge < -0.3 is 15.4 Å². The summed E-state index contributed by atoms with van der Waals surface area (Å²) in [4.78, 5) is 25.1. The van der Waals surface area contributed by atoms with Gasteiger partial charge in [0.05, 0.1) is 6.10 Å². The second kappa shape index (κ2) is 8.97. The normalized spacial score (nSPS) is 16.9. The molecule has 2 aromatic carbocycles. The maximum Gasteiger partial charge on any atom is 0.267 e. The Morgan fingerprint density at radius 2 is 1.73 bits per heavy atom. The van der Waals surface area contributed by atoms with Crippen LogP contribution in [0.1, 0.15) is 28.8 Å². The minimum absolute atomic E-state index is 0.0433. The summed E-state index contributed by atoms with van der Waals surface area (Å²) >= 11 is 0. The second-order valence-corrected chi connectivity index (χ2v) is 6.13. The summed E-state index contributed by atoms with van der Waals surface area (Å²) in [6.45, 7) is 1.17. The van der Waals surface area contributed by atoms with Crippen molar-refractivity contribution in [3.8, 4) is 0 Å². The van der Waals surface area contributed by atoms with Crippen molar-refractivity contribution in [3.63, 3.8) is 0 Å². The van der Waals surface area contributed by atoms with E-state index in [1.807, 2.05) is 36.4 Å². The van der Waals surface area contributed by atoms with E-state index in [9.17, 15) is 9.59 Å². The Bertz CT molecular complexity index is 766. The first-order chi connectivity index (χ1) is 12.7. The largest absolute Gasteiger partial charge is 0.376 e. The molecule has 2 amide bonds. The Hall–Kier alpha value is -2.92. The highest BCUT2D eigenvalue weighted by atomic mass is 16.5. The molecule has 1 fully saturated rings. The predicted octanol–water partition coefficient (Wildman–Crippen LogP) is 2.75. The molecule has 2 aromatic rings. The van der Waals surface area contributed by atoms with Crippen LogP contribution in [-0.2, 0) is 9.53 Å². The molecular formula is C21H22N2O3. The third-order valence-corrected chi connectivity index (χ3v) is 4.15. The van der Waals surface area contributed by atoms with Crippen LogP contribution in [-0.4, -0.2) is 31.1 Å². The van der Waals surface area contributed by atoms with Crippen LogP contribution in [0.3, 0.4) is 0 Å². The topological polar surface area (TPSA) is 67.4 Å². The highest BCUT2D eigenvalue weighted by molar-refractivity contribution is 6.05. The lowest BCUT2D eigenvalue weighted by Crippen LogP contribution is -2.38. The third-order valence-electron chi connectivity index (χ3n) is 4.15. The maximum absolute atomic E-state index is 12.6. The van der Waals surface area contributed by atoms with Crippen LogP contribution in [0, 0.1) is 0 Å². The first-order valence-corrected chi connectivity index (χ1v) is 8.75. The van der Waals surface area contributed by atoms with Gasteiger partial charge in [-0.1, -0.05) is 48.5 Å². The van der Waals surface area contributed by atoms with E-state index in [1.165, 1.54) is 0 Å². The lowest BCUT2D eigenvalue weighted by molar-refractivity contribution is -0.118. The predicted molar refractivity (Wildman–Crippen MR) is 100 cm³/mol. The van der Waals surface area contributed by atoms with Crippen molar-refractivity contribution in [2.45, 2.75) is 18.9 Å². The van der Waals surface area contributed by atoms with Crippen LogP contribution in [0.15, 0.2) is 66.4 Å². The fraction of sp³-hybridized carbons (Fsp3) is 0.238. The Morgan fingerprint density at radius 3 is 2.38 bits per heavy atom. The molecule has 1 atom stereocenters. The van der Waals surface area contributed by atoms with Gasteiger partial charge in [0, 0.05) is 18.7 Å². The van der Waals surface area contributed by atoms with Crippen molar-refractivity contribution in [1.82, 2.24) is 10.6 Å². The molecular weight excluding hydrogens is 328 g/mol. The zero-order valence-electron chi connectivity index (χ0n) is 14.5. The second-order valence-electron chi connectivity index (χ2n) is 6.13. The lowest BCUT2D eigenvalue weighted by atomic mass is 10.1. The van der Waals surface area contributed by atoms with Crippen LogP contribution in [0.25, 0.3) is 6.08 Å². The van der Waals surface area contributed by atoms with Crippen molar-refractivity contribution in [1.29, 1.82) is 0 Å². The minimum Gasteiger partial charge on any atom is -0.376 e. The molecule has 1 saturated heterocycles. The Labute approximate surface area is 153 Å². The highest BCUT2D eigenvalue weighted by Gasteiger charge is 2.19. The van der Waals surface area contributed by atoms with Gasteiger partial charge in [0.15, 0.2) is 0 Å². The molecule has 1 aliphatic rings. The van der Waals surface area contributed by atoms with Gasteiger partial charge >= 0.3 is 0 Å². The van der Waals surface area contributed by atoms with Crippen molar-refractivity contribution in [2.24, 2.45) is 0 Å². The summed E-state index contributed by atoms with van der Waals surface area (Å²) in [5, 5.41) is 5.58. The van der Waals surface area contributed by atoms with Crippen LogP contribution in [0.5, 0.6) is 0 Å². The average Bonchev–Trinajstić information content (AvgIpc) is 3.20. The van der Waals surface area contributed by atoms with Gasteiger partial charge in [-0.15, -0.1) is 0 Å². The van der Waals surface area contributed by atoms with Gasteiger partial charge in [-0.3, -0.25) is 9.59 Å². The van der Waals surface area contributed by atoms with E-state index < -0.39 is 0 Å². The quantitative estimate of drug-likeness (QED) is 0.787. The van der Waals surface area contributed by atoms with Crippen molar-refractivity contribution >= 4 is 17.9 Å². The molecule has 5 nitrogen and oxygen atoms in total. The minimum atomic E-state index is -0.325. The number of hydrogen-bond acceptors (Lipinski definition) is 3. The van der Waals surface area contributed by atoms with Gasteiger partial charge in [-0.2, -0.15) is 0 Å². The summed E-state index contributed by atoms with van der Waals surface area (Å²) in [7, 11) is 0. The van der Waals surface area contributed by atoms with Gasteiger partial charge in [-0.05, 0) is 36.6 Å². The number of ether oxygens (including phenoxy) is 1. The van der Waals surface area contributed by atoms with Gasteiger partial charge in [0.1, 0.15) is 5.70 Å². The van der Waals surface area contributed by atoms with Crippen LogP contribution < -0.4 is 10.6 Å². The smallest absolute Gasteiger partial charge is 0.267 e. The molecule has 0 aromatic heterocycles. The Balaban J connectivity index is 1.73. The molecule has 5 heteroatoms. The zero-order valence-corrected chi connectivity index (χ0v) is 14.5. The van der Waals surface area contributed by atoms with Gasteiger partial charge in [0.25, 0.3) is 11.8 Å². The number of carbonyl (C=O) groups excluding carboxylic acids is 2. The highest BCUT2D eigenvalue weighted by Crippen LogP contribution is 2.11. The molecule has 3 rings (SSSR count). The van der Waals surface area contributed by atoms with E-state index in [1.54, 1.807) is 30.3 Å². The number of rotatable bonds is 6. The van der Waals surface area contributed by atoms with E-state index in [0.717, 1.165) is 25.0 Å². The fourth-order valence-electron chi connectivity index (χ4n) is 2.77. The van der Waals surface area contributed by atoms with Crippen molar-refractivity contribution in [2.75, 3.05) is 13.2 Å². The first-order valence-electron chi connectivity index (χ1n) is 8.75. The molecule has 2 N–H and O–H groups in total. The summed E-state index contributed by atoms with van der Waals surface area (Å²) in [6.07, 6.45) is 3.67. The summed E-state index contributed by atoms with van der Waals surface area (Å²) < 4.78 is 5.53. The first kappa shape index (κ1) is 17.9. The van der Waals surface area contributed by atoms with Crippen molar-refractivity contribution < 1.29 is 14.3 Å². The number of amides is 2. The van der Waals surface area contributed by atoms with E-state index in [0.29, 0.717) is 12.1 Å². The molecule has 0 spiro atoms. The molecule has 0 radical (unpaired) electrons. The molecule has 134 valence electrons. The van der Waals surface area contributed by atoms with E-state index in [4.69, 9.17) is 4.74 Å². The molecule has 0 bridgehead atoms. The van der Waals surface area contributed by atoms with Crippen LogP contribution >= 0.6 is 0 Å². The standard InChI is InChI=1S/C21H22N2O3/c24-20(17-10-5-2-6-11-17)23-19(14-16-8-3-1-4-9-16)21(25)22-15-18-12-7-13-26-18/h1-6,8-11,14,18H,7,12-13,15H2,(H,22,25)(H,23,24)/b19-14+/t18-/m1/s1. The van der Waals surface area contributed by atoms with Crippen LogP contribution in [0.4, 0.5) is 0 Å². The number of hydrogen-bond donors (Lipinski definition) is 2.